The van der Waals surface area contributed by atoms with E-state index >= 15 is 0 Å². The molecule has 0 saturated heterocycles. The van der Waals surface area contributed by atoms with Crippen LogP contribution in [-0.2, 0) is 16.2 Å². The van der Waals surface area contributed by atoms with Gasteiger partial charge in [0, 0.05) is 10.9 Å². The number of aromatic nitrogens is 6. The number of aromatic amines is 1. The molecule has 10 nitrogen and oxygen atoms in total. The first-order valence-corrected chi connectivity index (χ1v) is 11.7. The van der Waals surface area contributed by atoms with Crippen LogP contribution in [0.2, 0.25) is 0 Å². The summed E-state index contributed by atoms with van der Waals surface area (Å²) in [7, 11) is -4.23. The van der Waals surface area contributed by atoms with Crippen molar-refractivity contribution in [3.05, 3.63) is 47.4 Å². The van der Waals surface area contributed by atoms with E-state index in [1.807, 2.05) is 0 Å². The Morgan fingerprint density at radius 2 is 2.03 bits per heavy atom. The standard InChI is InChI=1S/C18H16F3N7O3S2/c1-9(2)13(17-24-16(26-31-17)15-22-8-23-25-15)28-33(29,30)12-7-32-27-14(12)10-4-3-5-11(6-10)18(19,20)21/h3-9,13,28H,1-2H3,(H,22,23,25). The quantitative estimate of drug-likeness (QED) is 0.393. The van der Waals surface area contributed by atoms with Gasteiger partial charge in [0.25, 0.3) is 0 Å². The summed E-state index contributed by atoms with van der Waals surface area (Å²) < 4.78 is 77.5. The van der Waals surface area contributed by atoms with Crippen LogP contribution < -0.4 is 4.72 Å². The van der Waals surface area contributed by atoms with Crippen molar-refractivity contribution in [2.45, 2.75) is 31.0 Å². The van der Waals surface area contributed by atoms with Crippen molar-refractivity contribution in [2.24, 2.45) is 5.92 Å². The monoisotopic (exact) mass is 499 g/mol. The fourth-order valence-corrected chi connectivity index (χ4v) is 5.44. The molecule has 3 heterocycles. The summed E-state index contributed by atoms with van der Waals surface area (Å²) in [5.74, 6) is 0.00798. The Labute approximate surface area is 189 Å². The first-order valence-electron chi connectivity index (χ1n) is 9.40. The van der Waals surface area contributed by atoms with Gasteiger partial charge in [0.15, 0.2) is 5.82 Å². The highest BCUT2D eigenvalue weighted by molar-refractivity contribution is 7.89. The van der Waals surface area contributed by atoms with E-state index in [0.717, 1.165) is 23.7 Å². The predicted molar refractivity (Wildman–Crippen MR) is 110 cm³/mol. The van der Waals surface area contributed by atoms with Crippen molar-refractivity contribution in [2.75, 3.05) is 0 Å². The predicted octanol–water partition coefficient (Wildman–Crippen LogP) is 3.67. The highest BCUT2D eigenvalue weighted by Gasteiger charge is 2.33. The molecule has 1 unspecified atom stereocenters. The molecule has 33 heavy (non-hydrogen) atoms. The van der Waals surface area contributed by atoms with Gasteiger partial charge in [0.2, 0.25) is 21.7 Å². The van der Waals surface area contributed by atoms with E-state index < -0.39 is 27.8 Å². The lowest BCUT2D eigenvalue weighted by atomic mass is 10.1. The summed E-state index contributed by atoms with van der Waals surface area (Å²) in [6, 6.07) is 3.40. The van der Waals surface area contributed by atoms with Gasteiger partial charge in [-0.3, -0.25) is 5.10 Å². The SMILES string of the molecule is CC(C)C(NS(=O)(=O)c1csnc1-c1cccc(C(F)(F)F)c1)c1nc(-c2ncn[nH]2)no1. The van der Waals surface area contributed by atoms with E-state index in [9.17, 15) is 21.6 Å². The molecule has 174 valence electrons. The molecule has 4 aromatic rings. The Hall–Kier alpha value is -3.17. The molecule has 0 aliphatic heterocycles. The maximum Gasteiger partial charge on any atom is 0.416 e. The van der Waals surface area contributed by atoms with Gasteiger partial charge in [0.1, 0.15) is 23.0 Å². The average molecular weight is 500 g/mol. The Morgan fingerprint density at radius 1 is 1.24 bits per heavy atom. The maximum absolute atomic E-state index is 13.2. The molecule has 0 radical (unpaired) electrons. The zero-order chi connectivity index (χ0) is 23.8. The van der Waals surface area contributed by atoms with Gasteiger partial charge in [-0.2, -0.15) is 32.3 Å². The van der Waals surface area contributed by atoms with E-state index in [0.29, 0.717) is 0 Å². The molecule has 0 aliphatic carbocycles. The normalized spacial score (nSPS) is 13.5. The number of rotatable bonds is 7. The third-order valence-electron chi connectivity index (χ3n) is 4.57. The van der Waals surface area contributed by atoms with Gasteiger partial charge in [-0.1, -0.05) is 31.1 Å². The molecular formula is C18H16F3N7O3S2. The number of alkyl halides is 3. The fourth-order valence-electron chi connectivity index (χ4n) is 2.93. The number of halogens is 3. The van der Waals surface area contributed by atoms with Crippen molar-refractivity contribution in [1.82, 2.24) is 34.4 Å². The maximum atomic E-state index is 13.2. The molecule has 0 saturated carbocycles. The lowest BCUT2D eigenvalue weighted by Gasteiger charge is -2.18. The topological polar surface area (TPSA) is 140 Å². The number of nitrogens with one attached hydrogen (secondary N) is 2. The van der Waals surface area contributed by atoms with Crippen LogP contribution >= 0.6 is 11.5 Å². The molecule has 1 aromatic carbocycles. The molecule has 0 fully saturated rings. The van der Waals surface area contributed by atoms with E-state index in [2.05, 4.69) is 34.4 Å². The van der Waals surface area contributed by atoms with Crippen LogP contribution in [0.4, 0.5) is 13.2 Å². The second-order valence-electron chi connectivity index (χ2n) is 7.24. The van der Waals surface area contributed by atoms with Gasteiger partial charge < -0.3 is 4.52 Å². The van der Waals surface area contributed by atoms with Crippen LogP contribution in [0.15, 0.2) is 45.4 Å². The van der Waals surface area contributed by atoms with E-state index in [-0.39, 0.29) is 39.6 Å². The first-order chi connectivity index (χ1) is 15.6. The van der Waals surface area contributed by atoms with E-state index in [1.54, 1.807) is 13.8 Å². The molecule has 3 aromatic heterocycles. The van der Waals surface area contributed by atoms with Gasteiger partial charge in [-0.15, -0.1) is 0 Å². The first kappa shape index (κ1) is 23.0. The van der Waals surface area contributed by atoms with Gasteiger partial charge >= 0.3 is 6.18 Å². The zero-order valence-electron chi connectivity index (χ0n) is 17.0. The molecule has 2 N–H and O–H groups in total. The second-order valence-corrected chi connectivity index (χ2v) is 9.55. The van der Waals surface area contributed by atoms with Gasteiger partial charge in [-0.25, -0.2) is 13.4 Å². The largest absolute Gasteiger partial charge is 0.416 e. The highest BCUT2D eigenvalue weighted by Crippen LogP contribution is 2.35. The van der Waals surface area contributed by atoms with Crippen molar-refractivity contribution < 1.29 is 26.1 Å². The van der Waals surface area contributed by atoms with Crippen molar-refractivity contribution in [3.8, 4) is 22.9 Å². The number of hydrogen-bond acceptors (Lipinski definition) is 9. The molecule has 15 heteroatoms. The minimum atomic E-state index is -4.58. The Bertz CT molecular complexity index is 1350. The third-order valence-corrected chi connectivity index (χ3v) is 6.81. The van der Waals surface area contributed by atoms with Crippen LogP contribution in [0, 0.1) is 5.92 Å². The lowest BCUT2D eigenvalue weighted by Crippen LogP contribution is -2.32. The minimum absolute atomic E-state index is 0.0104. The van der Waals surface area contributed by atoms with Crippen LogP contribution in [0.25, 0.3) is 22.9 Å². The van der Waals surface area contributed by atoms with Gasteiger partial charge in [-0.05, 0) is 29.6 Å². The van der Waals surface area contributed by atoms with Crippen molar-refractivity contribution >= 4 is 21.6 Å². The van der Waals surface area contributed by atoms with Crippen LogP contribution in [0.1, 0.15) is 31.3 Å². The molecular weight excluding hydrogens is 483 g/mol. The van der Waals surface area contributed by atoms with Crippen LogP contribution in [0.3, 0.4) is 0 Å². The number of H-pyrrole nitrogens is 1. The average Bonchev–Trinajstić information content (AvgIpc) is 3.52. The fraction of sp³-hybridized carbons (Fsp3) is 0.278. The summed E-state index contributed by atoms with van der Waals surface area (Å²) in [4.78, 5) is 7.84. The Morgan fingerprint density at radius 3 is 2.70 bits per heavy atom. The Kier molecular flexibility index (Phi) is 6.02. The second kappa shape index (κ2) is 8.64. The van der Waals surface area contributed by atoms with Gasteiger partial charge in [0.05, 0.1) is 5.56 Å². The molecule has 0 bridgehead atoms. The summed E-state index contributed by atoms with van der Waals surface area (Å²) >= 11 is 0.814. The summed E-state index contributed by atoms with van der Waals surface area (Å²) in [6.45, 7) is 3.48. The highest BCUT2D eigenvalue weighted by atomic mass is 32.2. The molecule has 1 atom stereocenters. The summed E-state index contributed by atoms with van der Waals surface area (Å²) in [5, 5.41) is 11.3. The summed E-state index contributed by atoms with van der Waals surface area (Å²) in [6.07, 6.45) is -3.32. The summed E-state index contributed by atoms with van der Waals surface area (Å²) in [5.41, 5.74) is -0.970. The van der Waals surface area contributed by atoms with Crippen LogP contribution in [-0.4, -0.2) is 38.1 Å². The van der Waals surface area contributed by atoms with Crippen LogP contribution in [0.5, 0.6) is 0 Å². The Balaban J connectivity index is 1.66. The van der Waals surface area contributed by atoms with Crippen molar-refractivity contribution in [3.63, 3.8) is 0 Å². The zero-order valence-corrected chi connectivity index (χ0v) is 18.7. The van der Waals surface area contributed by atoms with Crippen molar-refractivity contribution in [1.29, 1.82) is 0 Å². The number of sulfonamides is 1. The minimum Gasteiger partial charge on any atom is -0.337 e. The molecule has 0 spiro atoms. The number of nitrogens with zero attached hydrogens (tertiary/aromatic N) is 5. The number of hydrogen-bond donors (Lipinski definition) is 2. The molecule has 0 amide bonds. The lowest BCUT2D eigenvalue weighted by molar-refractivity contribution is -0.137. The van der Waals surface area contributed by atoms with E-state index in [1.165, 1.54) is 23.8 Å². The molecule has 0 aliphatic rings. The third kappa shape index (κ3) is 4.79. The number of benzene rings is 1. The smallest absolute Gasteiger partial charge is 0.337 e. The molecule has 4 rings (SSSR count). The van der Waals surface area contributed by atoms with E-state index in [4.69, 9.17) is 4.52 Å².